The van der Waals surface area contributed by atoms with E-state index >= 15 is 0 Å². The van der Waals surface area contributed by atoms with Crippen LogP contribution < -0.4 is 5.32 Å². The predicted octanol–water partition coefficient (Wildman–Crippen LogP) is 0.966. The van der Waals surface area contributed by atoms with Crippen molar-refractivity contribution in [2.24, 2.45) is 0 Å². The van der Waals surface area contributed by atoms with Crippen LogP contribution in [0, 0.1) is 0 Å². The molecular formula is C11H22N2O2S. The SMILES string of the molecule is C=CCCCN(C)S(=O)(=O)CC1CCCN1. The average molecular weight is 246 g/mol. The number of nitrogens with one attached hydrogen (secondary N) is 1. The summed E-state index contributed by atoms with van der Waals surface area (Å²) in [6, 6.07) is 0.145. The molecule has 1 rings (SSSR count). The zero-order valence-corrected chi connectivity index (χ0v) is 10.8. The molecule has 1 aliphatic heterocycles. The van der Waals surface area contributed by atoms with Crippen molar-refractivity contribution in [2.45, 2.75) is 31.7 Å². The van der Waals surface area contributed by atoms with Crippen molar-refractivity contribution < 1.29 is 8.42 Å². The van der Waals surface area contributed by atoms with Gasteiger partial charge in [-0.2, -0.15) is 0 Å². The molecule has 0 aromatic rings. The maximum absolute atomic E-state index is 11.9. The Kier molecular flexibility index (Phi) is 5.44. The van der Waals surface area contributed by atoms with E-state index < -0.39 is 10.0 Å². The highest BCUT2D eigenvalue weighted by Gasteiger charge is 2.24. The molecule has 1 saturated heterocycles. The van der Waals surface area contributed by atoms with Gasteiger partial charge in [-0.05, 0) is 32.2 Å². The summed E-state index contributed by atoms with van der Waals surface area (Å²) >= 11 is 0. The van der Waals surface area contributed by atoms with Crippen LogP contribution in [0.25, 0.3) is 0 Å². The molecule has 1 atom stereocenters. The topological polar surface area (TPSA) is 49.4 Å². The third kappa shape index (κ3) is 4.23. The van der Waals surface area contributed by atoms with Crippen LogP contribution in [0.5, 0.6) is 0 Å². The predicted molar refractivity (Wildman–Crippen MR) is 66.9 cm³/mol. The van der Waals surface area contributed by atoms with Gasteiger partial charge in [0.25, 0.3) is 0 Å². The van der Waals surface area contributed by atoms with E-state index in [9.17, 15) is 8.42 Å². The van der Waals surface area contributed by atoms with Crippen LogP contribution in [-0.4, -0.2) is 44.7 Å². The molecule has 4 nitrogen and oxygen atoms in total. The highest BCUT2D eigenvalue weighted by Crippen LogP contribution is 2.10. The van der Waals surface area contributed by atoms with Crippen LogP contribution in [0.2, 0.25) is 0 Å². The van der Waals surface area contributed by atoms with E-state index in [2.05, 4.69) is 11.9 Å². The van der Waals surface area contributed by atoms with Crippen LogP contribution in [0.1, 0.15) is 25.7 Å². The molecule has 1 fully saturated rings. The van der Waals surface area contributed by atoms with Crippen molar-refractivity contribution in [3.05, 3.63) is 12.7 Å². The number of allylic oxidation sites excluding steroid dienone is 1. The molecule has 0 aliphatic carbocycles. The lowest BCUT2D eigenvalue weighted by atomic mass is 10.3. The summed E-state index contributed by atoms with van der Waals surface area (Å²) in [6.07, 6.45) is 5.58. The molecule has 16 heavy (non-hydrogen) atoms. The molecule has 5 heteroatoms. The Morgan fingerprint density at radius 1 is 1.56 bits per heavy atom. The minimum absolute atomic E-state index is 0.145. The van der Waals surface area contributed by atoms with Crippen molar-refractivity contribution in [1.29, 1.82) is 0 Å². The van der Waals surface area contributed by atoms with Crippen LogP contribution in [0.3, 0.4) is 0 Å². The lowest BCUT2D eigenvalue weighted by Gasteiger charge is -2.19. The molecule has 1 unspecified atom stereocenters. The molecule has 1 heterocycles. The fraction of sp³-hybridized carbons (Fsp3) is 0.818. The maximum Gasteiger partial charge on any atom is 0.215 e. The fourth-order valence-corrected chi connectivity index (χ4v) is 3.33. The van der Waals surface area contributed by atoms with Crippen LogP contribution in [0.15, 0.2) is 12.7 Å². The third-order valence-corrected chi connectivity index (χ3v) is 4.89. The van der Waals surface area contributed by atoms with Crippen molar-refractivity contribution >= 4 is 10.0 Å². The van der Waals surface area contributed by atoms with Gasteiger partial charge in [0.2, 0.25) is 10.0 Å². The van der Waals surface area contributed by atoms with Crippen LogP contribution in [-0.2, 0) is 10.0 Å². The molecule has 1 N–H and O–H groups in total. The van der Waals surface area contributed by atoms with Gasteiger partial charge >= 0.3 is 0 Å². The summed E-state index contributed by atoms with van der Waals surface area (Å²) in [4.78, 5) is 0. The smallest absolute Gasteiger partial charge is 0.215 e. The third-order valence-electron chi connectivity index (χ3n) is 2.93. The molecule has 0 radical (unpaired) electrons. The number of unbranched alkanes of at least 4 members (excludes halogenated alkanes) is 1. The lowest BCUT2D eigenvalue weighted by Crippen LogP contribution is -2.38. The number of rotatable bonds is 7. The molecule has 0 bridgehead atoms. The Bertz CT molecular complexity index is 308. The van der Waals surface area contributed by atoms with E-state index in [1.165, 1.54) is 4.31 Å². The number of sulfonamides is 1. The molecule has 0 aromatic heterocycles. The van der Waals surface area contributed by atoms with Gasteiger partial charge in [-0.1, -0.05) is 6.08 Å². The van der Waals surface area contributed by atoms with E-state index in [0.717, 1.165) is 32.2 Å². The highest BCUT2D eigenvalue weighted by atomic mass is 32.2. The normalized spacial score (nSPS) is 21.5. The number of hydrogen-bond donors (Lipinski definition) is 1. The second-order valence-electron chi connectivity index (χ2n) is 4.32. The first-order valence-corrected chi connectivity index (χ1v) is 7.45. The second kappa shape index (κ2) is 6.37. The van der Waals surface area contributed by atoms with Gasteiger partial charge in [0, 0.05) is 19.6 Å². The molecule has 0 spiro atoms. The van der Waals surface area contributed by atoms with Gasteiger partial charge in [-0.15, -0.1) is 6.58 Å². The summed E-state index contributed by atoms with van der Waals surface area (Å²) in [5.41, 5.74) is 0. The summed E-state index contributed by atoms with van der Waals surface area (Å²) in [5.74, 6) is 0.234. The fourth-order valence-electron chi connectivity index (χ4n) is 1.88. The Hall–Kier alpha value is -0.390. The van der Waals surface area contributed by atoms with E-state index in [-0.39, 0.29) is 11.8 Å². The first-order valence-electron chi connectivity index (χ1n) is 5.84. The standard InChI is InChI=1S/C11H22N2O2S/c1-3-4-5-9-13(2)16(14,15)10-11-7-6-8-12-11/h3,11-12H,1,4-10H2,2H3. The zero-order valence-electron chi connectivity index (χ0n) is 9.98. The van der Waals surface area contributed by atoms with Gasteiger partial charge in [0.1, 0.15) is 0 Å². The molecule has 0 aromatic carbocycles. The first-order chi connectivity index (χ1) is 7.56. The summed E-state index contributed by atoms with van der Waals surface area (Å²) < 4.78 is 25.4. The molecule has 94 valence electrons. The molecule has 0 saturated carbocycles. The van der Waals surface area contributed by atoms with E-state index in [1.54, 1.807) is 7.05 Å². The van der Waals surface area contributed by atoms with Crippen LogP contribution in [0.4, 0.5) is 0 Å². The van der Waals surface area contributed by atoms with Gasteiger partial charge in [0.15, 0.2) is 0 Å². The van der Waals surface area contributed by atoms with Gasteiger partial charge in [-0.25, -0.2) is 12.7 Å². The van der Waals surface area contributed by atoms with Crippen molar-refractivity contribution in [3.63, 3.8) is 0 Å². The summed E-state index contributed by atoms with van der Waals surface area (Å²) in [6.45, 7) is 5.15. The highest BCUT2D eigenvalue weighted by molar-refractivity contribution is 7.89. The number of hydrogen-bond acceptors (Lipinski definition) is 3. The van der Waals surface area contributed by atoms with E-state index in [1.807, 2.05) is 6.08 Å². The van der Waals surface area contributed by atoms with Crippen LogP contribution >= 0.6 is 0 Å². The molecule has 1 aliphatic rings. The quantitative estimate of drug-likeness (QED) is 0.538. The maximum atomic E-state index is 11.9. The Morgan fingerprint density at radius 3 is 2.88 bits per heavy atom. The Balaban J connectivity index is 2.38. The monoisotopic (exact) mass is 246 g/mol. The summed E-state index contributed by atoms with van der Waals surface area (Å²) in [5, 5.41) is 3.21. The van der Waals surface area contributed by atoms with Gasteiger partial charge in [0.05, 0.1) is 5.75 Å². The first kappa shape index (κ1) is 13.7. The Labute approximate surface area is 98.8 Å². The summed E-state index contributed by atoms with van der Waals surface area (Å²) in [7, 11) is -1.43. The second-order valence-corrected chi connectivity index (χ2v) is 6.44. The number of nitrogens with zero attached hydrogens (tertiary/aromatic N) is 1. The minimum atomic E-state index is -3.09. The zero-order chi connectivity index (χ0) is 12.0. The average Bonchev–Trinajstić information content (AvgIpc) is 2.70. The molecule has 0 amide bonds. The van der Waals surface area contributed by atoms with E-state index in [0.29, 0.717) is 6.54 Å². The van der Waals surface area contributed by atoms with Gasteiger partial charge in [-0.3, -0.25) is 0 Å². The lowest BCUT2D eigenvalue weighted by molar-refractivity contribution is 0.456. The van der Waals surface area contributed by atoms with Gasteiger partial charge < -0.3 is 5.32 Å². The van der Waals surface area contributed by atoms with Crippen molar-refractivity contribution in [1.82, 2.24) is 9.62 Å². The minimum Gasteiger partial charge on any atom is -0.313 e. The molecular weight excluding hydrogens is 224 g/mol. The van der Waals surface area contributed by atoms with Crippen molar-refractivity contribution in [3.8, 4) is 0 Å². The van der Waals surface area contributed by atoms with Crippen molar-refractivity contribution in [2.75, 3.05) is 25.9 Å². The Morgan fingerprint density at radius 2 is 2.31 bits per heavy atom. The largest absolute Gasteiger partial charge is 0.313 e. The van der Waals surface area contributed by atoms with E-state index in [4.69, 9.17) is 0 Å².